The van der Waals surface area contributed by atoms with Crippen molar-refractivity contribution in [3.63, 3.8) is 0 Å². The molecule has 7 aromatic rings. The Morgan fingerprint density at radius 1 is 0.486 bits per heavy atom. The maximum atomic E-state index is 6.50. The molecule has 0 spiro atoms. The Hall–Kier alpha value is -4.48. The Bertz CT molecular complexity index is 1800. The molecule has 0 bridgehead atoms. The van der Waals surface area contributed by atoms with Gasteiger partial charge < -0.3 is 0 Å². The summed E-state index contributed by atoms with van der Waals surface area (Å²) < 4.78 is 0. The molecule has 0 aliphatic carbocycles. The largest absolute Gasteiger partial charge is 0.254 e. The highest BCUT2D eigenvalue weighted by Gasteiger charge is 2.17. The van der Waals surface area contributed by atoms with Crippen LogP contribution >= 0.6 is 11.6 Å². The summed E-state index contributed by atoms with van der Waals surface area (Å²) in [5.41, 5.74) is 3.39. The lowest BCUT2D eigenvalue weighted by Gasteiger charge is -2.12. The molecule has 0 radical (unpaired) electrons. The third-order valence-corrected chi connectivity index (χ3v) is 6.49. The van der Waals surface area contributed by atoms with Crippen LogP contribution in [0, 0.1) is 0 Å². The van der Waals surface area contributed by atoms with Gasteiger partial charge in [0.05, 0.1) is 11.0 Å². The van der Waals surface area contributed by atoms with Crippen LogP contribution in [0.3, 0.4) is 0 Å². The first-order valence-corrected chi connectivity index (χ1v) is 11.6. The number of nitrogens with zero attached hydrogens (tertiary/aromatic N) is 5. The van der Waals surface area contributed by atoms with Gasteiger partial charge in [-0.3, -0.25) is 9.97 Å². The van der Waals surface area contributed by atoms with Gasteiger partial charge in [-0.15, -0.1) is 0 Å². The topological polar surface area (TPSA) is 64.5 Å². The molecule has 0 aliphatic rings. The van der Waals surface area contributed by atoms with Crippen molar-refractivity contribution in [3.05, 3.63) is 103 Å². The van der Waals surface area contributed by atoms with Gasteiger partial charge in [0, 0.05) is 34.3 Å². The first-order valence-electron chi connectivity index (χ1n) is 11.2. The molecule has 0 fully saturated rings. The molecule has 3 heterocycles. The summed E-state index contributed by atoms with van der Waals surface area (Å²) in [6, 6.07) is 28.6. The molecular formula is C29H16ClN5. The van der Waals surface area contributed by atoms with Crippen LogP contribution in [0.5, 0.6) is 0 Å². The molecule has 0 saturated heterocycles. The number of halogens is 1. The maximum absolute atomic E-state index is 6.50. The van der Waals surface area contributed by atoms with E-state index in [1.807, 2.05) is 48.5 Å². The van der Waals surface area contributed by atoms with E-state index in [0.29, 0.717) is 11.6 Å². The van der Waals surface area contributed by atoms with Gasteiger partial charge in [-0.05, 0) is 57.4 Å². The Balaban J connectivity index is 1.54. The Kier molecular flexibility index (Phi) is 4.44. The van der Waals surface area contributed by atoms with E-state index in [2.05, 4.69) is 56.3 Å². The normalized spacial score (nSPS) is 11.6. The van der Waals surface area contributed by atoms with Gasteiger partial charge in [-0.2, -0.15) is 9.97 Å². The highest BCUT2D eigenvalue weighted by Crippen LogP contribution is 2.36. The molecule has 35 heavy (non-hydrogen) atoms. The predicted molar refractivity (Wildman–Crippen MR) is 141 cm³/mol. The highest BCUT2D eigenvalue weighted by atomic mass is 35.5. The van der Waals surface area contributed by atoms with E-state index >= 15 is 0 Å². The van der Waals surface area contributed by atoms with Crippen LogP contribution in [0.4, 0.5) is 0 Å². The average molecular weight is 470 g/mol. The second kappa shape index (κ2) is 7.79. The first-order chi connectivity index (χ1) is 17.3. The zero-order valence-corrected chi connectivity index (χ0v) is 19.1. The number of benzene rings is 4. The van der Waals surface area contributed by atoms with E-state index in [4.69, 9.17) is 16.6 Å². The molecule has 164 valence electrons. The van der Waals surface area contributed by atoms with Gasteiger partial charge in [-0.25, -0.2) is 4.98 Å². The minimum absolute atomic E-state index is 0.144. The second-order valence-electron chi connectivity index (χ2n) is 8.34. The third kappa shape index (κ3) is 3.21. The van der Waals surface area contributed by atoms with Crippen molar-refractivity contribution in [1.82, 2.24) is 24.9 Å². The van der Waals surface area contributed by atoms with Crippen molar-refractivity contribution in [2.45, 2.75) is 0 Å². The lowest BCUT2D eigenvalue weighted by atomic mass is 9.97. The number of fused-ring (bicyclic) bond motifs is 6. The van der Waals surface area contributed by atoms with E-state index < -0.39 is 0 Å². The second-order valence-corrected chi connectivity index (χ2v) is 8.68. The first kappa shape index (κ1) is 19.9. The summed E-state index contributed by atoms with van der Waals surface area (Å²) in [7, 11) is 0. The number of aromatic nitrogens is 5. The lowest BCUT2D eigenvalue weighted by Crippen LogP contribution is -1.99. The average Bonchev–Trinajstić information content (AvgIpc) is 2.92. The van der Waals surface area contributed by atoms with Gasteiger partial charge in [0.1, 0.15) is 0 Å². The van der Waals surface area contributed by atoms with E-state index in [-0.39, 0.29) is 5.28 Å². The molecule has 0 N–H and O–H groups in total. The van der Waals surface area contributed by atoms with Crippen LogP contribution in [0.1, 0.15) is 0 Å². The van der Waals surface area contributed by atoms with Crippen LogP contribution in [-0.4, -0.2) is 24.9 Å². The summed E-state index contributed by atoms with van der Waals surface area (Å²) in [5.74, 6) is 1.03. The van der Waals surface area contributed by atoms with Crippen molar-refractivity contribution in [1.29, 1.82) is 0 Å². The predicted octanol–water partition coefficient (Wildman–Crippen LogP) is 7.26. The van der Waals surface area contributed by atoms with Crippen LogP contribution < -0.4 is 0 Å². The van der Waals surface area contributed by atoms with Crippen LogP contribution in [0.25, 0.3) is 66.1 Å². The molecular weight excluding hydrogens is 454 g/mol. The zero-order valence-electron chi connectivity index (χ0n) is 18.4. The van der Waals surface area contributed by atoms with E-state index in [1.165, 1.54) is 5.39 Å². The smallest absolute Gasteiger partial charge is 0.226 e. The lowest BCUT2D eigenvalue weighted by molar-refractivity contribution is 1.07. The quantitative estimate of drug-likeness (QED) is 0.249. The van der Waals surface area contributed by atoms with E-state index in [9.17, 15) is 0 Å². The summed E-state index contributed by atoms with van der Waals surface area (Å²) >= 11 is 6.50. The van der Waals surface area contributed by atoms with E-state index in [0.717, 1.165) is 49.1 Å². The molecule has 0 amide bonds. The zero-order chi connectivity index (χ0) is 23.4. The molecule has 3 aromatic heterocycles. The minimum Gasteiger partial charge on any atom is -0.254 e. The highest BCUT2D eigenvalue weighted by molar-refractivity contribution is 6.28. The van der Waals surface area contributed by atoms with Crippen molar-refractivity contribution in [2.75, 3.05) is 0 Å². The summed E-state index contributed by atoms with van der Waals surface area (Å²) in [4.78, 5) is 23.2. The van der Waals surface area contributed by atoms with Crippen LogP contribution in [0.2, 0.25) is 5.28 Å². The van der Waals surface area contributed by atoms with Gasteiger partial charge in [0.15, 0.2) is 11.6 Å². The fraction of sp³-hybridized carbons (Fsp3) is 0. The van der Waals surface area contributed by atoms with Gasteiger partial charge in [-0.1, -0.05) is 60.7 Å². The monoisotopic (exact) mass is 469 g/mol. The van der Waals surface area contributed by atoms with Crippen LogP contribution in [0.15, 0.2) is 97.3 Å². The molecule has 7 rings (SSSR count). The summed E-state index contributed by atoms with van der Waals surface area (Å²) in [6.45, 7) is 0. The van der Waals surface area contributed by atoms with Crippen molar-refractivity contribution in [3.8, 4) is 22.8 Å². The molecule has 0 atom stereocenters. The molecule has 0 aliphatic heterocycles. The standard InChI is InChI=1S/C29H16ClN5/c30-29-34-27(23-15-17-7-1-2-9-19(17)20-10-3-4-11-21(20)23)33-28(35-29)24-16-18-8-5-13-31-25(18)26-22(24)12-6-14-32-26/h1-16H. The fourth-order valence-corrected chi connectivity index (χ4v) is 4.95. The molecule has 0 saturated carbocycles. The van der Waals surface area contributed by atoms with E-state index in [1.54, 1.807) is 12.4 Å². The minimum atomic E-state index is 0.144. The van der Waals surface area contributed by atoms with Crippen LogP contribution in [-0.2, 0) is 0 Å². The van der Waals surface area contributed by atoms with Crippen molar-refractivity contribution < 1.29 is 0 Å². The molecule has 5 nitrogen and oxygen atoms in total. The van der Waals surface area contributed by atoms with Crippen molar-refractivity contribution in [2.24, 2.45) is 0 Å². The Labute approximate surface area is 205 Å². The van der Waals surface area contributed by atoms with Gasteiger partial charge in [0.25, 0.3) is 0 Å². The summed E-state index contributed by atoms with van der Waals surface area (Å²) in [5, 5.41) is 6.53. The number of hydrogen-bond acceptors (Lipinski definition) is 5. The molecule has 0 unspecified atom stereocenters. The molecule has 6 heteroatoms. The number of rotatable bonds is 2. The fourth-order valence-electron chi connectivity index (χ4n) is 4.79. The van der Waals surface area contributed by atoms with Crippen molar-refractivity contribution >= 4 is 55.0 Å². The number of pyridine rings is 2. The summed E-state index contributed by atoms with van der Waals surface area (Å²) in [6.07, 6.45) is 3.55. The number of hydrogen-bond donors (Lipinski definition) is 0. The third-order valence-electron chi connectivity index (χ3n) is 6.32. The Morgan fingerprint density at radius 3 is 1.89 bits per heavy atom. The SMILES string of the molecule is Clc1nc(-c2cc3ccccc3c3ccccc23)nc(-c2cc3cccnc3c3ncccc23)n1. The Morgan fingerprint density at radius 2 is 1.06 bits per heavy atom. The maximum Gasteiger partial charge on any atom is 0.226 e. The van der Waals surface area contributed by atoms with Gasteiger partial charge >= 0.3 is 0 Å². The van der Waals surface area contributed by atoms with Gasteiger partial charge in [0.2, 0.25) is 5.28 Å². The molecule has 4 aromatic carbocycles.